The van der Waals surface area contributed by atoms with Crippen molar-refractivity contribution in [3.63, 3.8) is 0 Å². The predicted octanol–water partition coefficient (Wildman–Crippen LogP) is 2.20. The number of hydrogen-bond donors (Lipinski definition) is 2. The molecule has 1 aromatic carbocycles. The van der Waals surface area contributed by atoms with Crippen molar-refractivity contribution in [1.29, 1.82) is 0 Å². The molecule has 0 aliphatic carbocycles. The molecule has 0 aliphatic rings. The van der Waals surface area contributed by atoms with Gasteiger partial charge in [0.25, 0.3) is 0 Å². The zero-order valence-electron chi connectivity index (χ0n) is 11.6. The van der Waals surface area contributed by atoms with E-state index in [9.17, 15) is 9.90 Å². The van der Waals surface area contributed by atoms with Gasteiger partial charge in [-0.3, -0.25) is 4.90 Å². The molecule has 21 heavy (non-hydrogen) atoms. The number of nitrogens with zero attached hydrogens (tertiary/aromatic N) is 1. The summed E-state index contributed by atoms with van der Waals surface area (Å²) >= 11 is 1.86. The van der Waals surface area contributed by atoms with E-state index < -0.39 is 12.3 Å². The smallest absolute Gasteiger partial charge is 0.377 e. The molecule has 1 aromatic rings. The topological polar surface area (TPSA) is 71.0 Å². The predicted molar refractivity (Wildman–Crippen MR) is 87.5 cm³/mol. The number of nitrogens with one attached hydrogen (secondary N) is 1. The number of para-hydroxylation sites is 1. The number of carbonyl (C=O) groups excluding carboxylic acids is 1. The second-order valence-corrected chi connectivity index (χ2v) is 4.41. The number of ether oxygens (including phenoxy) is 1. The number of aliphatic hydroxyl groups excluding tert-OH is 1. The SMILES string of the molecule is CCOCC(O)N(CC#CI)C(=O)ONc1ccccc1. The van der Waals surface area contributed by atoms with Crippen molar-refractivity contribution in [1.82, 2.24) is 4.90 Å². The number of carbonyl (C=O) groups is 1. The quantitative estimate of drug-likeness (QED) is 0.316. The van der Waals surface area contributed by atoms with Crippen molar-refractivity contribution < 1.29 is 19.5 Å². The summed E-state index contributed by atoms with van der Waals surface area (Å²) < 4.78 is 7.74. The van der Waals surface area contributed by atoms with Crippen LogP contribution in [0.4, 0.5) is 10.5 Å². The van der Waals surface area contributed by atoms with Crippen LogP contribution in [-0.4, -0.2) is 42.1 Å². The largest absolute Gasteiger partial charge is 0.437 e. The van der Waals surface area contributed by atoms with Crippen LogP contribution in [0.15, 0.2) is 30.3 Å². The minimum absolute atomic E-state index is 0.000136. The van der Waals surface area contributed by atoms with Gasteiger partial charge in [-0.05, 0) is 23.0 Å². The summed E-state index contributed by atoms with van der Waals surface area (Å²) in [5.41, 5.74) is 3.15. The molecule has 1 atom stereocenters. The molecule has 1 rings (SSSR count). The highest BCUT2D eigenvalue weighted by Crippen LogP contribution is 2.07. The Labute approximate surface area is 137 Å². The number of rotatable bonds is 7. The lowest BCUT2D eigenvalue weighted by Gasteiger charge is -2.24. The number of benzene rings is 1. The maximum atomic E-state index is 12.0. The van der Waals surface area contributed by atoms with Crippen LogP contribution in [0.3, 0.4) is 0 Å². The van der Waals surface area contributed by atoms with Gasteiger partial charge in [-0.25, -0.2) is 10.3 Å². The van der Waals surface area contributed by atoms with Crippen LogP contribution >= 0.6 is 22.6 Å². The molecule has 6 nitrogen and oxygen atoms in total. The second-order valence-electron chi connectivity index (χ2n) is 3.88. The van der Waals surface area contributed by atoms with E-state index in [1.54, 1.807) is 31.2 Å². The fraction of sp³-hybridized carbons (Fsp3) is 0.357. The van der Waals surface area contributed by atoms with Crippen molar-refractivity contribution >= 4 is 34.4 Å². The lowest BCUT2D eigenvalue weighted by atomic mass is 10.3. The summed E-state index contributed by atoms with van der Waals surface area (Å²) in [5.74, 6) is 2.70. The first-order valence-electron chi connectivity index (χ1n) is 6.31. The molecule has 0 saturated carbocycles. The van der Waals surface area contributed by atoms with E-state index in [1.807, 2.05) is 28.7 Å². The Morgan fingerprint density at radius 1 is 1.48 bits per heavy atom. The highest BCUT2D eigenvalue weighted by atomic mass is 127. The van der Waals surface area contributed by atoms with Crippen molar-refractivity contribution in [2.45, 2.75) is 13.2 Å². The highest BCUT2D eigenvalue weighted by molar-refractivity contribution is 14.1. The minimum atomic E-state index is -1.12. The van der Waals surface area contributed by atoms with Gasteiger partial charge >= 0.3 is 6.09 Å². The Kier molecular flexibility index (Phi) is 8.57. The molecule has 1 unspecified atom stereocenters. The van der Waals surface area contributed by atoms with Gasteiger partial charge in [-0.2, -0.15) is 0 Å². The summed E-state index contributed by atoms with van der Waals surface area (Å²) in [6.07, 6.45) is -1.85. The zero-order chi connectivity index (χ0) is 15.5. The summed E-state index contributed by atoms with van der Waals surface area (Å²) in [4.78, 5) is 18.0. The third-order valence-electron chi connectivity index (χ3n) is 2.41. The van der Waals surface area contributed by atoms with Gasteiger partial charge in [0.05, 0.1) is 18.8 Å². The lowest BCUT2D eigenvalue weighted by Crippen LogP contribution is -2.44. The maximum absolute atomic E-state index is 12.0. The van der Waals surface area contributed by atoms with Gasteiger partial charge in [0.2, 0.25) is 0 Å². The molecule has 0 aliphatic heterocycles. The Bertz CT molecular complexity index is 487. The van der Waals surface area contributed by atoms with Crippen molar-refractivity contribution in [3.05, 3.63) is 30.3 Å². The van der Waals surface area contributed by atoms with E-state index in [0.717, 1.165) is 4.90 Å². The number of anilines is 1. The summed E-state index contributed by atoms with van der Waals surface area (Å²) in [5, 5.41) is 9.94. The molecule has 7 heteroatoms. The molecule has 2 N–H and O–H groups in total. The first-order chi connectivity index (χ1) is 10.2. The molecule has 0 heterocycles. The van der Waals surface area contributed by atoms with Crippen LogP contribution in [0.25, 0.3) is 0 Å². The average molecular weight is 404 g/mol. The van der Waals surface area contributed by atoms with E-state index >= 15 is 0 Å². The normalized spacial score (nSPS) is 11.0. The monoisotopic (exact) mass is 404 g/mol. The number of amides is 1. The van der Waals surface area contributed by atoms with Gasteiger partial charge in [-0.1, -0.05) is 24.1 Å². The fourth-order valence-electron chi connectivity index (χ4n) is 1.39. The van der Waals surface area contributed by atoms with Gasteiger partial charge < -0.3 is 14.7 Å². The minimum Gasteiger partial charge on any atom is -0.377 e. The van der Waals surface area contributed by atoms with E-state index in [0.29, 0.717) is 12.3 Å². The Hall–Kier alpha value is -1.50. The number of hydrogen-bond acceptors (Lipinski definition) is 5. The van der Waals surface area contributed by atoms with Gasteiger partial charge in [0.1, 0.15) is 0 Å². The van der Waals surface area contributed by atoms with E-state index in [4.69, 9.17) is 9.57 Å². The molecule has 0 spiro atoms. The first-order valence-corrected chi connectivity index (χ1v) is 7.39. The molecular formula is C14H17IN2O4. The van der Waals surface area contributed by atoms with Crippen LogP contribution in [0, 0.1) is 9.85 Å². The Morgan fingerprint density at radius 2 is 2.19 bits per heavy atom. The highest BCUT2D eigenvalue weighted by Gasteiger charge is 2.23. The second kappa shape index (κ2) is 10.3. The summed E-state index contributed by atoms with van der Waals surface area (Å²) in [6, 6.07) is 8.96. The van der Waals surface area contributed by atoms with Gasteiger partial charge in [-0.15, -0.1) is 0 Å². The Morgan fingerprint density at radius 3 is 2.81 bits per heavy atom. The van der Waals surface area contributed by atoms with Crippen LogP contribution in [0.1, 0.15) is 6.92 Å². The first kappa shape index (κ1) is 17.6. The van der Waals surface area contributed by atoms with Crippen LogP contribution in [-0.2, 0) is 9.57 Å². The zero-order valence-corrected chi connectivity index (χ0v) is 13.7. The third kappa shape index (κ3) is 6.66. The van der Waals surface area contributed by atoms with E-state index in [-0.39, 0.29) is 13.2 Å². The third-order valence-corrected chi connectivity index (χ3v) is 2.79. The van der Waals surface area contributed by atoms with E-state index in [1.165, 1.54) is 0 Å². The molecule has 1 amide bonds. The fourth-order valence-corrected chi connectivity index (χ4v) is 1.56. The molecule has 0 bridgehead atoms. The standard InChI is InChI=1S/C14H17IN2O4/c1-2-20-11-13(18)17(10-6-9-15)14(19)21-16-12-7-4-3-5-8-12/h3-5,7-8,13,16,18H,2,10-11H2,1H3. The van der Waals surface area contributed by atoms with Crippen molar-refractivity contribution in [2.75, 3.05) is 25.2 Å². The van der Waals surface area contributed by atoms with Crippen LogP contribution < -0.4 is 5.48 Å². The van der Waals surface area contributed by atoms with E-state index in [2.05, 4.69) is 15.3 Å². The van der Waals surface area contributed by atoms with Gasteiger partial charge in [0.15, 0.2) is 6.23 Å². The molecule has 114 valence electrons. The molecular weight excluding hydrogens is 387 g/mol. The molecule has 0 saturated heterocycles. The van der Waals surface area contributed by atoms with Gasteiger partial charge in [0, 0.05) is 29.2 Å². The molecule has 0 radical (unpaired) electrons. The summed E-state index contributed by atoms with van der Waals surface area (Å²) in [6.45, 7) is 2.30. The van der Waals surface area contributed by atoms with Crippen molar-refractivity contribution in [2.24, 2.45) is 0 Å². The number of aliphatic hydroxyl groups is 1. The summed E-state index contributed by atoms with van der Waals surface area (Å²) in [7, 11) is 0. The number of halogens is 1. The average Bonchev–Trinajstić information content (AvgIpc) is 2.52. The molecule has 0 aromatic heterocycles. The van der Waals surface area contributed by atoms with Crippen molar-refractivity contribution in [3.8, 4) is 9.85 Å². The van der Waals surface area contributed by atoms with Crippen LogP contribution in [0.2, 0.25) is 0 Å². The molecule has 0 fully saturated rings. The Balaban J connectivity index is 2.59. The lowest BCUT2D eigenvalue weighted by molar-refractivity contribution is -0.0430. The maximum Gasteiger partial charge on any atom is 0.437 e. The van der Waals surface area contributed by atoms with Crippen LogP contribution in [0.5, 0.6) is 0 Å².